The molecule has 0 saturated heterocycles. The molecule has 0 aromatic heterocycles. The van der Waals surface area contributed by atoms with E-state index in [1.807, 2.05) is 0 Å². The van der Waals surface area contributed by atoms with Crippen LogP contribution >= 0.6 is 0 Å². The number of hydrogen-bond donors (Lipinski definition) is 0. The summed E-state index contributed by atoms with van der Waals surface area (Å²) in [4.78, 5) is 0. The van der Waals surface area contributed by atoms with E-state index in [2.05, 4.69) is 26.0 Å². The summed E-state index contributed by atoms with van der Waals surface area (Å²) in [6.45, 7) is 4.84. The molecule has 0 spiro atoms. The summed E-state index contributed by atoms with van der Waals surface area (Å²) in [5.74, 6) is 8.96. The Labute approximate surface area is 112 Å². The number of rotatable bonds is 3. The molecule has 0 radical (unpaired) electrons. The van der Waals surface area contributed by atoms with E-state index in [4.69, 9.17) is 0 Å². The summed E-state index contributed by atoms with van der Waals surface area (Å²) in [6, 6.07) is 0. The van der Waals surface area contributed by atoms with Gasteiger partial charge >= 0.3 is 0 Å². The summed E-state index contributed by atoms with van der Waals surface area (Å²) in [5, 5.41) is 0. The van der Waals surface area contributed by atoms with Crippen molar-refractivity contribution in [1.82, 2.24) is 0 Å². The Morgan fingerprint density at radius 1 is 0.944 bits per heavy atom. The van der Waals surface area contributed by atoms with Crippen molar-refractivity contribution < 1.29 is 0 Å². The van der Waals surface area contributed by atoms with E-state index in [0.29, 0.717) is 0 Å². The Balaban J connectivity index is 1.54. The molecule has 8 atom stereocenters. The fourth-order valence-corrected chi connectivity index (χ4v) is 6.82. The molecule has 4 rings (SSSR count). The minimum atomic E-state index is 1.03. The lowest BCUT2D eigenvalue weighted by molar-refractivity contribution is 0.0648. The van der Waals surface area contributed by atoms with Crippen molar-refractivity contribution in [3.8, 4) is 0 Å². The van der Waals surface area contributed by atoms with E-state index < -0.39 is 0 Å². The molecule has 0 nitrogen and oxygen atoms in total. The third-order valence-corrected chi connectivity index (χ3v) is 7.29. The SMILES string of the molecule is CC/C=C/CC1C(C)C2CC1C1C3CCC(C3)C21. The van der Waals surface area contributed by atoms with Gasteiger partial charge in [-0.2, -0.15) is 0 Å². The maximum atomic E-state index is 2.58. The van der Waals surface area contributed by atoms with E-state index in [0.717, 1.165) is 35.5 Å². The molecule has 0 aromatic rings. The van der Waals surface area contributed by atoms with Crippen LogP contribution in [0.5, 0.6) is 0 Å². The molecule has 4 aliphatic rings. The largest absolute Gasteiger partial charge is 0.0888 e. The Morgan fingerprint density at radius 2 is 1.67 bits per heavy atom. The van der Waals surface area contributed by atoms with Crippen LogP contribution in [0.4, 0.5) is 0 Å². The van der Waals surface area contributed by atoms with Gasteiger partial charge in [-0.25, -0.2) is 0 Å². The second kappa shape index (κ2) is 4.12. The fraction of sp³-hybridized carbons (Fsp3) is 0.889. The second-order valence-corrected chi connectivity index (χ2v) is 7.69. The van der Waals surface area contributed by atoms with Gasteiger partial charge in [-0.05, 0) is 85.9 Å². The highest BCUT2D eigenvalue weighted by molar-refractivity contribution is 5.13. The third-order valence-electron chi connectivity index (χ3n) is 7.29. The second-order valence-electron chi connectivity index (χ2n) is 7.69. The van der Waals surface area contributed by atoms with Crippen molar-refractivity contribution in [2.24, 2.45) is 47.3 Å². The number of allylic oxidation sites excluding steroid dienone is 2. The highest BCUT2D eigenvalue weighted by Crippen LogP contribution is 2.70. The van der Waals surface area contributed by atoms with Gasteiger partial charge < -0.3 is 0 Å². The predicted octanol–water partition coefficient (Wildman–Crippen LogP) is 4.91. The highest BCUT2D eigenvalue weighted by Gasteiger charge is 2.63. The summed E-state index contributed by atoms with van der Waals surface area (Å²) in [6.07, 6.45) is 13.9. The molecule has 0 aromatic carbocycles. The van der Waals surface area contributed by atoms with E-state index >= 15 is 0 Å². The van der Waals surface area contributed by atoms with Crippen LogP contribution in [-0.2, 0) is 0 Å². The van der Waals surface area contributed by atoms with Crippen LogP contribution in [0.3, 0.4) is 0 Å². The lowest BCUT2D eigenvalue weighted by Crippen LogP contribution is -2.36. The molecule has 0 N–H and O–H groups in total. The predicted molar refractivity (Wildman–Crippen MR) is 76.1 cm³/mol. The van der Waals surface area contributed by atoms with Gasteiger partial charge in [0.25, 0.3) is 0 Å². The molecule has 8 unspecified atom stereocenters. The zero-order valence-corrected chi connectivity index (χ0v) is 12.0. The zero-order valence-electron chi connectivity index (χ0n) is 12.0. The molecule has 4 saturated carbocycles. The Hall–Kier alpha value is -0.260. The van der Waals surface area contributed by atoms with Crippen LogP contribution < -0.4 is 0 Å². The lowest BCUT2D eigenvalue weighted by atomic mass is 9.63. The molecule has 0 amide bonds. The van der Waals surface area contributed by atoms with E-state index in [-0.39, 0.29) is 0 Å². The minimum Gasteiger partial charge on any atom is -0.0888 e. The summed E-state index contributed by atoms with van der Waals surface area (Å²) < 4.78 is 0. The van der Waals surface area contributed by atoms with Crippen LogP contribution in [-0.4, -0.2) is 0 Å². The van der Waals surface area contributed by atoms with Crippen molar-refractivity contribution in [2.75, 3.05) is 0 Å². The third kappa shape index (κ3) is 1.38. The monoisotopic (exact) mass is 244 g/mol. The summed E-state index contributed by atoms with van der Waals surface area (Å²) >= 11 is 0. The van der Waals surface area contributed by atoms with Crippen molar-refractivity contribution >= 4 is 0 Å². The quantitative estimate of drug-likeness (QED) is 0.489. The van der Waals surface area contributed by atoms with Gasteiger partial charge in [0.2, 0.25) is 0 Å². The maximum absolute atomic E-state index is 2.58. The van der Waals surface area contributed by atoms with E-state index in [1.165, 1.54) is 24.7 Å². The molecule has 0 aliphatic heterocycles. The highest BCUT2D eigenvalue weighted by atomic mass is 14.7. The molecular weight excluding hydrogens is 216 g/mol. The summed E-state index contributed by atoms with van der Waals surface area (Å²) in [5.41, 5.74) is 0. The van der Waals surface area contributed by atoms with Gasteiger partial charge in [0.05, 0.1) is 0 Å². The van der Waals surface area contributed by atoms with Crippen LogP contribution in [0.15, 0.2) is 12.2 Å². The van der Waals surface area contributed by atoms with Crippen molar-refractivity contribution in [3.63, 3.8) is 0 Å². The molecule has 0 heterocycles. The smallest absolute Gasteiger partial charge is 0.0317 e. The van der Waals surface area contributed by atoms with Gasteiger partial charge in [0.15, 0.2) is 0 Å². The van der Waals surface area contributed by atoms with Gasteiger partial charge in [-0.1, -0.05) is 26.0 Å². The molecule has 0 heteroatoms. The molecule has 100 valence electrons. The van der Waals surface area contributed by atoms with Gasteiger partial charge in [0, 0.05) is 0 Å². The molecule has 4 fully saturated rings. The fourth-order valence-electron chi connectivity index (χ4n) is 6.82. The lowest BCUT2D eigenvalue weighted by Gasteiger charge is -2.42. The Morgan fingerprint density at radius 3 is 2.39 bits per heavy atom. The Bertz CT molecular complexity index is 355. The van der Waals surface area contributed by atoms with E-state index in [1.54, 1.807) is 25.7 Å². The van der Waals surface area contributed by atoms with Crippen LogP contribution in [0.1, 0.15) is 52.4 Å². The first-order valence-electron chi connectivity index (χ1n) is 8.46. The first kappa shape index (κ1) is 11.6. The molecule has 4 aliphatic carbocycles. The standard InChI is InChI=1S/C18H28/c1-3-4-5-6-14-11(2)15-10-16(14)18-13-8-7-12(9-13)17(15)18/h4-5,11-18H,3,6-10H2,1-2H3/b5-4+. The zero-order chi connectivity index (χ0) is 12.3. The first-order chi connectivity index (χ1) is 8.81. The number of hydrogen-bond acceptors (Lipinski definition) is 0. The average Bonchev–Trinajstić information content (AvgIpc) is 3.07. The van der Waals surface area contributed by atoms with Crippen molar-refractivity contribution in [2.45, 2.75) is 52.4 Å². The normalized spacial score (nSPS) is 56.8. The minimum absolute atomic E-state index is 1.03. The van der Waals surface area contributed by atoms with Gasteiger partial charge in [-0.15, -0.1) is 0 Å². The first-order valence-corrected chi connectivity index (χ1v) is 8.46. The van der Waals surface area contributed by atoms with Crippen LogP contribution in [0.25, 0.3) is 0 Å². The van der Waals surface area contributed by atoms with Crippen molar-refractivity contribution in [1.29, 1.82) is 0 Å². The molecule has 18 heavy (non-hydrogen) atoms. The van der Waals surface area contributed by atoms with Crippen molar-refractivity contribution in [3.05, 3.63) is 12.2 Å². The topological polar surface area (TPSA) is 0 Å². The molecule has 4 bridgehead atoms. The molecular formula is C18H28. The number of fused-ring (bicyclic) bond motifs is 9. The van der Waals surface area contributed by atoms with Gasteiger partial charge in [-0.3, -0.25) is 0 Å². The van der Waals surface area contributed by atoms with Gasteiger partial charge in [0.1, 0.15) is 0 Å². The van der Waals surface area contributed by atoms with Crippen LogP contribution in [0, 0.1) is 47.3 Å². The summed E-state index contributed by atoms with van der Waals surface area (Å²) in [7, 11) is 0. The average molecular weight is 244 g/mol. The maximum Gasteiger partial charge on any atom is -0.0317 e. The van der Waals surface area contributed by atoms with Crippen LogP contribution in [0.2, 0.25) is 0 Å². The Kier molecular flexibility index (Phi) is 2.64. The van der Waals surface area contributed by atoms with E-state index in [9.17, 15) is 0 Å².